The molecule has 0 atom stereocenters. The maximum atomic E-state index is 11.9. The summed E-state index contributed by atoms with van der Waals surface area (Å²) >= 11 is 1.57. The van der Waals surface area contributed by atoms with Gasteiger partial charge >= 0.3 is 0 Å². The van der Waals surface area contributed by atoms with E-state index in [0.717, 1.165) is 29.0 Å². The van der Waals surface area contributed by atoms with E-state index in [1.54, 1.807) is 11.3 Å². The Labute approximate surface area is 128 Å². The lowest BCUT2D eigenvalue weighted by molar-refractivity contribution is -0.119. The van der Waals surface area contributed by atoms with E-state index in [4.69, 9.17) is 0 Å². The fourth-order valence-corrected chi connectivity index (χ4v) is 2.74. The Hall–Kier alpha value is -1.89. The van der Waals surface area contributed by atoms with Crippen LogP contribution in [0.25, 0.3) is 10.2 Å². The van der Waals surface area contributed by atoms with Crippen molar-refractivity contribution in [2.45, 2.75) is 20.3 Å². The van der Waals surface area contributed by atoms with E-state index in [-0.39, 0.29) is 12.5 Å². The van der Waals surface area contributed by atoms with Crippen LogP contribution < -0.4 is 15.5 Å². The summed E-state index contributed by atoms with van der Waals surface area (Å²) in [5, 5.41) is 8.98. The lowest BCUT2D eigenvalue weighted by Crippen LogP contribution is -2.36. The maximum absolute atomic E-state index is 11.9. The molecule has 2 aromatic heterocycles. The third-order valence-electron chi connectivity index (χ3n) is 2.95. The van der Waals surface area contributed by atoms with E-state index in [9.17, 15) is 4.79 Å². The molecule has 0 aliphatic carbocycles. The van der Waals surface area contributed by atoms with Gasteiger partial charge in [-0.2, -0.15) is 4.98 Å². The number of likely N-dealkylation sites (N-methyl/N-ethyl adjacent to an activating group) is 1. The van der Waals surface area contributed by atoms with Gasteiger partial charge in [0.2, 0.25) is 11.9 Å². The van der Waals surface area contributed by atoms with Crippen molar-refractivity contribution in [3.8, 4) is 0 Å². The summed E-state index contributed by atoms with van der Waals surface area (Å²) in [7, 11) is 1.88. The number of fused-ring (bicyclic) bond motifs is 1. The highest BCUT2D eigenvalue weighted by Gasteiger charge is 2.14. The Morgan fingerprint density at radius 1 is 1.38 bits per heavy atom. The van der Waals surface area contributed by atoms with Crippen LogP contribution in [-0.4, -0.2) is 42.6 Å². The SMILES string of the molecule is CCCNC(=O)CN(C)c1nc(NCC)nc2sccc12. The van der Waals surface area contributed by atoms with Crippen LogP contribution in [-0.2, 0) is 4.79 Å². The molecule has 2 heterocycles. The van der Waals surface area contributed by atoms with E-state index in [2.05, 4.69) is 20.6 Å². The topological polar surface area (TPSA) is 70.2 Å². The fourth-order valence-electron chi connectivity index (χ4n) is 1.98. The number of carbonyl (C=O) groups excluding carboxylic acids is 1. The van der Waals surface area contributed by atoms with Gasteiger partial charge in [0.15, 0.2) is 0 Å². The predicted molar refractivity (Wildman–Crippen MR) is 88.1 cm³/mol. The summed E-state index contributed by atoms with van der Waals surface area (Å²) in [6, 6.07) is 1.99. The zero-order valence-corrected chi connectivity index (χ0v) is 13.5. The van der Waals surface area contributed by atoms with Crippen molar-refractivity contribution in [1.29, 1.82) is 0 Å². The molecule has 0 fully saturated rings. The first kappa shape index (κ1) is 15.5. The Kier molecular flexibility index (Phi) is 5.32. The minimum absolute atomic E-state index is 0.00587. The minimum atomic E-state index is 0.00587. The van der Waals surface area contributed by atoms with Gasteiger partial charge in [-0.15, -0.1) is 11.3 Å². The van der Waals surface area contributed by atoms with E-state index in [1.165, 1.54) is 0 Å². The van der Waals surface area contributed by atoms with Crippen LogP contribution in [0.2, 0.25) is 0 Å². The van der Waals surface area contributed by atoms with Crippen molar-refractivity contribution < 1.29 is 4.79 Å². The number of hydrogen-bond acceptors (Lipinski definition) is 6. The van der Waals surface area contributed by atoms with Gasteiger partial charge in [-0.3, -0.25) is 4.79 Å². The maximum Gasteiger partial charge on any atom is 0.239 e. The predicted octanol–water partition coefficient (Wildman–Crippen LogP) is 2.09. The lowest BCUT2D eigenvalue weighted by atomic mass is 10.3. The third-order valence-corrected chi connectivity index (χ3v) is 3.76. The Bertz CT molecular complexity index is 612. The first-order valence-electron chi connectivity index (χ1n) is 7.12. The molecule has 0 spiro atoms. The Balaban J connectivity index is 2.22. The molecule has 0 radical (unpaired) electrons. The standard InChI is InChI=1S/C14H21N5OS/c1-4-7-16-11(20)9-19(3)12-10-6-8-21-13(10)18-14(17-12)15-5-2/h6,8H,4-5,7,9H2,1-3H3,(H,16,20)(H,15,17,18). The molecule has 0 aromatic carbocycles. The molecule has 114 valence electrons. The van der Waals surface area contributed by atoms with Gasteiger partial charge in [0, 0.05) is 20.1 Å². The molecule has 2 aromatic rings. The number of carbonyl (C=O) groups is 1. The van der Waals surface area contributed by atoms with Crippen LogP contribution in [0.4, 0.5) is 11.8 Å². The Morgan fingerprint density at radius 3 is 2.90 bits per heavy atom. The zero-order chi connectivity index (χ0) is 15.2. The van der Waals surface area contributed by atoms with Crippen LogP contribution in [0.15, 0.2) is 11.4 Å². The van der Waals surface area contributed by atoms with Crippen molar-refractivity contribution >= 4 is 39.2 Å². The molecule has 1 amide bonds. The first-order chi connectivity index (χ1) is 10.2. The van der Waals surface area contributed by atoms with Crippen molar-refractivity contribution in [2.75, 3.05) is 36.9 Å². The van der Waals surface area contributed by atoms with Crippen molar-refractivity contribution in [3.05, 3.63) is 11.4 Å². The lowest BCUT2D eigenvalue weighted by Gasteiger charge is -2.19. The average Bonchev–Trinajstić information content (AvgIpc) is 2.92. The second-order valence-corrected chi connectivity index (χ2v) is 5.64. The summed E-state index contributed by atoms with van der Waals surface area (Å²) in [6.07, 6.45) is 0.933. The molecule has 0 saturated heterocycles. The van der Waals surface area contributed by atoms with E-state index < -0.39 is 0 Å². The summed E-state index contributed by atoms with van der Waals surface area (Å²) in [4.78, 5) is 23.6. The molecule has 0 aliphatic heterocycles. The minimum Gasteiger partial charge on any atom is -0.355 e. The molecule has 7 heteroatoms. The molecule has 2 N–H and O–H groups in total. The number of thiophene rings is 1. The number of nitrogens with one attached hydrogen (secondary N) is 2. The van der Waals surface area contributed by atoms with Gasteiger partial charge in [0.05, 0.1) is 11.9 Å². The number of hydrogen-bond donors (Lipinski definition) is 2. The highest BCUT2D eigenvalue weighted by Crippen LogP contribution is 2.28. The summed E-state index contributed by atoms with van der Waals surface area (Å²) < 4.78 is 0. The van der Waals surface area contributed by atoms with Gasteiger partial charge in [-0.05, 0) is 24.8 Å². The summed E-state index contributed by atoms with van der Waals surface area (Å²) in [5.74, 6) is 1.39. The van der Waals surface area contributed by atoms with E-state index in [1.807, 2.05) is 37.2 Å². The quantitative estimate of drug-likeness (QED) is 0.819. The van der Waals surface area contributed by atoms with Crippen LogP contribution in [0.3, 0.4) is 0 Å². The van der Waals surface area contributed by atoms with Crippen LogP contribution in [0.1, 0.15) is 20.3 Å². The number of amides is 1. The largest absolute Gasteiger partial charge is 0.355 e. The van der Waals surface area contributed by atoms with Gasteiger partial charge < -0.3 is 15.5 Å². The second-order valence-electron chi connectivity index (χ2n) is 4.75. The van der Waals surface area contributed by atoms with E-state index >= 15 is 0 Å². The van der Waals surface area contributed by atoms with Gasteiger partial charge in [-0.1, -0.05) is 6.92 Å². The molecule has 0 aliphatic rings. The number of rotatable bonds is 7. The zero-order valence-electron chi connectivity index (χ0n) is 12.6. The normalized spacial score (nSPS) is 10.6. The van der Waals surface area contributed by atoms with E-state index in [0.29, 0.717) is 12.5 Å². The van der Waals surface area contributed by atoms with Gasteiger partial charge in [0.1, 0.15) is 10.6 Å². The molecule has 0 bridgehead atoms. The molecular weight excluding hydrogens is 286 g/mol. The van der Waals surface area contributed by atoms with Crippen LogP contribution in [0, 0.1) is 0 Å². The Morgan fingerprint density at radius 2 is 2.19 bits per heavy atom. The number of anilines is 2. The fraction of sp³-hybridized carbons (Fsp3) is 0.500. The van der Waals surface area contributed by atoms with Crippen molar-refractivity contribution in [3.63, 3.8) is 0 Å². The highest BCUT2D eigenvalue weighted by atomic mass is 32.1. The number of aromatic nitrogens is 2. The molecular formula is C14H21N5OS. The van der Waals surface area contributed by atoms with Crippen LogP contribution in [0.5, 0.6) is 0 Å². The summed E-state index contributed by atoms with van der Waals surface area (Å²) in [5.41, 5.74) is 0. The van der Waals surface area contributed by atoms with Gasteiger partial charge in [0.25, 0.3) is 0 Å². The first-order valence-corrected chi connectivity index (χ1v) is 8.00. The highest BCUT2D eigenvalue weighted by molar-refractivity contribution is 7.16. The second kappa shape index (κ2) is 7.21. The van der Waals surface area contributed by atoms with Crippen LogP contribution >= 0.6 is 11.3 Å². The smallest absolute Gasteiger partial charge is 0.239 e. The third kappa shape index (κ3) is 3.81. The molecule has 0 saturated carbocycles. The van der Waals surface area contributed by atoms with Gasteiger partial charge in [-0.25, -0.2) is 4.98 Å². The molecule has 21 heavy (non-hydrogen) atoms. The van der Waals surface area contributed by atoms with Crippen molar-refractivity contribution in [1.82, 2.24) is 15.3 Å². The van der Waals surface area contributed by atoms with Crippen molar-refractivity contribution in [2.24, 2.45) is 0 Å². The molecule has 2 rings (SSSR count). The number of nitrogens with zero attached hydrogens (tertiary/aromatic N) is 3. The average molecular weight is 307 g/mol. The monoisotopic (exact) mass is 307 g/mol. The summed E-state index contributed by atoms with van der Waals surface area (Å²) in [6.45, 7) is 5.78. The molecule has 6 nitrogen and oxygen atoms in total. The molecule has 0 unspecified atom stereocenters.